The first-order valence-corrected chi connectivity index (χ1v) is 12.2. The molecule has 2 heterocycles. The lowest BCUT2D eigenvalue weighted by molar-refractivity contribution is -0.385. The number of fused-ring (bicyclic) bond motifs is 1. The molecule has 14 heteroatoms. The highest BCUT2D eigenvalue weighted by Crippen LogP contribution is 2.36. The molecule has 0 saturated carbocycles. The lowest BCUT2D eigenvalue weighted by atomic mass is 10.1. The second-order valence-electron chi connectivity index (χ2n) is 7.78. The Labute approximate surface area is 224 Å². The third kappa shape index (κ3) is 5.09. The molecule has 4 rings (SSSR count). The largest absolute Gasteiger partial charge is 0.497 e. The minimum Gasteiger partial charge on any atom is -0.497 e. The zero-order valence-electron chi connectivity index (χ0n) is 21.2. The summed E-state index contributed by atoms with van der Waals surface area (Å²) in [4.78, 5) is 50.7. The zero-order valence-corrected chi connectivity index (χ0v) is 22.0. The third-order valence-electron chi connectivity index (χ3n) is 5.59. The molecule has 0 saturated heterocycles. The molecule has 0 aliphatic heterocycles. The van der Waals surface area contributed by atoms with Gasteiger partial charge in [0, 0.05) is 22.9 Å². The van der Waals surface area contributed by atoms with Crippen molar-refractivity contribution in [1.29, 1.82) is 0 Å². The molecule has 13 nitrogen and oxygen atoms in total. The lowest BCUT2D eigenvalue weighted by Crippen LogP contribution is -2.25. The van der Waals surface area contributed by atoms with Crippen molar-refractivity contribution >= 4 is 44.7 Å². The van der Waals surface area contributed by atoms with Gasteiger partial charge < -0.3 is 24.3 Å². The normalized spacial score (nSPS) is 10.7. The van der Waals surface area contributed by atoms with E-state index in [9.17, 15) is 24.5 Å². The van der Waals surface area contributed by atoms with E-state index in [1.54, 1.807) is 31.2 Å². The molecule has 0 atom stereocenters. The van der Waals surface area contributed by atoms with Crippen LogP contribution in [0.1, 0.15) is 27.8 Å². The van der Waals surface area contributed by atoms with Crippen LogP contribution in [-0.2, 0) is 4.74 Å². The highest BCUT2D eigenvalue weighted by molar-refractivity contribution is 7.16. The molecule has 202 valence electrons. The highest BCUT2D eigenvalue weighted by Gasteiger charge is 2.27. The summed E-state index contributed by atoms with van der Waals surface area (Å²) >= 11 is 0.950. The van der Waals surface area contributed by atoms with Gasteiger partial charge in [0.1, 0.15) is 16.3 Å². The molecule has 2 aromatic heterocycles. The van der Waals surface area contributed by atoms with E-state index in [2.05, 4.69) is 10.4 Å². The minimum atomic E-state index is -0.881. The standard InChI is InChI=1S/C25H22N4O9S/c1-5-38-25(32)21-16-12-39-23(20(16)24(31)28(27-21)13-7-6-8-14(9-13)35-2)26-22(30)15-10-18(36-3)19(37-4)11-17(15)29(33)34/h6-12H,5H2,1-4H3,(H,26,30). The zero-order chi connectivity index (χ0) is 28.3. The second kappa shape index (κ2) is 11.2. The van der Waals surface area contributed by atoms with Gasteiger partial charge >= 0.3 is 5.97 Å². The number of nitro benzene ring substituents is 1. The first-order chi connectivity index (χ1) is 18.7. The summed E-state index contributed by atoms with van der Waals surface area (Å²) < 4.78 is 21.7. The Bertz CT molecular complexity index is 1660. The number of thiophene rings is 1. The Morgan fingerprint density at radius 1 is 1.10 bits per heavy atom. The van der Waals surface area contributed by atoms with Gasteiger partial charge in [0.2, 0.25) is 0 Å². The number of esters is 1. The van der Waals surface area contributed by atoms with Gasteiger partial charge in [-0.2, -0.15) is 9.78 Å². The van der Waals surface area contributed by atoms with Crippen LogP contribution in [0.3, 0.4) is 0 Å². The van der Waals surface area contributed by atoms with Crippen LogP contribution in [0, 0.1) is 10.1 Å². The van der Waals surface area contributed by atoms with Crippen LogP contribution in [0.25, 0.3) is 16.5 Å². The van der Waals surface area contributed by atoms with Crippen molar-refractivity contribution in [1.82, 2.24) is 9.78 Å². The second-order valence-corrected chi connectivity index (χ2v) is 8.66. The predicted octanol–water partition coefficient (Wildman–Crippen LogP) is 3.81. The number of benzene rings is 2. The maximum absolute atomic E-state index is 13.6. The van der Waals surface area contributed by atoms with E-state index in [0.29, 0.717) is 11.4 Å². The number of aromatic nitrogens is 2. The fourth-order valence-corrected chi connectivity index (χ4v) is 4.71. The van der Waals surface area contributed by atoms with Crippen LogP contribution in [0.15, 0.2) is 46.6 Å². The van der Waals surface area contributed by atoms with Crippen LogP contribution < -0.4 is 25.1 Å². The van der Waals surface area contributed by atoms with Gasteiger partial charge in [-0.25, -0.2) is 4.79 Å². The lowest BCUT2D eigenvalue weighted by Gasteiger charge is -2.12. The van der Waals surface area contributed by atoms with Crippen molar-refractivity contribution in [2.24, 2.45) is 0 Å². The van der Waals surface area contributed by atoms with Gasteiger partial charge in [-0.05, 0) is 19.1 Å². The molecule has 1 amide bonds. The van der Waals surface area contributed by atoms with E-state index < -0.39 is 28.0 Å². The van der Waals surface area contributed by atoms with Crippen LogP contribution in [0.2, 0.25) is 0 Å². The van der Waals surface area contributed by atoms with Gasteiger partial charge in [0.25, 0.3) is 17.2 Å². The van der Waals surface area contributed by atoms with Crippen LogP contribution >= 0.6 is 11.3 Å². The van der Waals surface area contributed by atoms with E-state index in [0.717, 1.165) is 22.1 Å². The average molecular weight is 555 g/mol. The number of hydrogen-bond acceptors (Lipinski definition) is 11. The molecule has 4 aromatic rings. The monoisotopic (exact) mass is 554 g/mol. The number of nitrogens with zero attached hydrogens (tertiary/aromatic N) is 3. The number of amides is 1. The number of carbonyl (C=O) groups excluding carboxylic acids is 2. The molecule has 0 radical (unpaired) electrons. The molecule has 0 spiro atoms. The van der Waals surface area contributed by atoms with Gasteiger partial charge in [-0.15, -0.1) is 11.3 Å². The Hall–Kier alpha value is -4.98. The van der Waals surface area contributed by atoms with Crippen LogP contribution in [0.5, 0.6) is 17.2 Å². The molecular formula is C25H22N4O9S. The first kappa shape index (κ1) is 27.1. The number of anilines is 1. The molecule has 0 fully saturated rings. The van der Waals surface area contributed by atoms with Crippen molar-refractivity contribution < 1.29 is 33.5 Å². The number of nitro groups is 1. The van der Waals surface area contributed by atoms with Crippen molar-refractivity contribution in [3.8, 4) is 22.9 Å². The summed E-state index contributed by atoms with van der Waals surface area (Å²) in [5.41, 5.74) is -1.36. The number of ether oxygens (including phenoxy) is 4. The smallest absolute Gasteiger partial charge is 0.359 e. The highest BCUT2D eigenvalue weighted by atomic mass is 32.1. The van der Waals surface area contributed by atoms with E-state index in [4.69, 9.17) is 18.9 Å². The number of nitrogens with one attached hydrogen (secondary N) is 1. The van der Waals surface area contributed by atoms with Gasteiger partial charge in [0.05, 0.1) is 50.0 Å². The molecule has 1 N–H and O–H groups in total. The number of rotatable bonds is 9. The summed E-state index contributed by atoms with van der Waals surface area (Å²) in [5.74, 6) is -1.05. The number of methoxy groups -OCH3 is 3. The van der Waals surface area contributed by atoms with Crippen molar-refractivity contribution in [3.63, 3.8) is 0 Å². The van der Waals surface area contributed by atoms with Crippen molar-refractivity contribution in [2.75, 3.05) is 33.3 Å². The van der Waals surface area contributed by atoms with E-state index >= 15 is 0 Å². The van der Waals surface area contributed by atoms with E-state index in [1.165, 1.54) is 32.8 Å². The van der Waals surface area contributed by atoms with E-state index in [1.807, 2.05) is 0 Å². The number of hydrogen-bond donors (Lipinski definition) is 1. The quantitative estimate of drug-likeness (QED) is 0.183. The predicted molar refractivity (Wildman–Crippen MR) is 142 cm³/mol. The van der Waals surface area contributed by atoms with Crippen molar-refractivity contribution in [2.45, 2.75) is 6.92 Å². The molecule has 0 aliphatic carbocycles. The summed E-state index contributed by atoms with van der Waals surface area (Å²) in [5, 5.41) is 20.2. The Morgan fingerprint density at radius 2 is 1.82 bits per heavy atom. The minimum absolute atomic E-state index is 0.0302. The first-order valence-electron chi connectivity index (χ1n) is 11.3. The molecule has 2 aromatic carbocycles. The maximum Gasteiger partial charge on any atom is 0.359 e. The number of carbonyl (C=O) groups is 2. The average Bonchev–Trinajstić information content (AvgIpc) is 3.36. The van der Waals surface area contributed by atoms with Gasteiger partial charge in [-0.3, -0.25) is 19.7 Å². The fourth-order valence-electron chi connectivity index (χ4n) is 3.78. The van der Waals surface area contributed by atoms with Crippen molar-refractivity contribution in [3.05, 3.63) is 73.5 Å². The molecule has 0 bridgehead atoms. The summed E-state index contributed by atoms with van der Waals surface area (Å²) in [6, 6.07) is 8.69. The Balaban J connectivity index is 1.90. The summed E-state index contributed by atoms with van der Waals surface area (Å²) in [7, 11) is 4.09. The topological polar surface area (TPSA) is 161 Å². The fraction of sp³-hybridized carbons (Fsp3) is 0.200. The third-order valence-corrected chi connectivity index (χ3v) is 6.48. The van der Waals surface area contributed by atoms with Crippen LogP contribution in [-0.4, -0.2) is 54.5 Å². The summed E-state index contributed by atoms with van der Waals surface area (Å²) in [6.45, 7) is 1.69. The SMILES string of the molecule is CCOC(=O)c1nn(-c2cccc(OC)c2)c(=O)c2c(NC(=O)c3cc(OC)c(OC)cc3[N+](=O)[O-])scc12. The molecule has 0 unspecified atom stereocenters. The van der Waals surface area contributed by atoms with Crippen LogP contribution in [0.4, 0.5) is 10.7 Å². The Kier molecular flexibility index (Phi) is 7.76. The molecule has 0 aliphatic rings. The Morgan fingerprint density at radius 3 is 2.46 bits per heavy atom. The summed E-state index contributed by atoms with van der Waals surface area (Å²) in [6.07, 6.45) is 0. The van der Waals surface area contributed by atoms with Gasteiger partial charge in [-0.1, -0.05) is 6.07 Å². The molecular weight excluding hydrogens is 532 g/mol. The van der Waals surface area contributed by atoms with Gasteiger partial charge in [0.15, 0.2) is 17.2 Å². The van der Waals surface area contributed by atoms with E-state index in [-0.39, 0.29) is 45.1 Å². The molecule has 39 heavy (non-hydrogen) atoms. The maximum atomic E-state index is 13.6.